The van der Waals surface area contributed by atoms with Crippen LogP contribution in [0.3, 0.4) is 0 Å². The van der Waals surface area contributed by atoms with E-state index in [9.17, 15) is 34.0 Å². The molecule has 2 N–H and O–H groups in total. The van der Waals surface area contributed by atoms with Crippen molar-refractivity contribution in [1.82, 2.24) is 5.01 Å². The average Bonchev–Trinajstić information content (AvgIpc) is 3.77. The van der Waals surface area contributed by atoms with Crippen LogP contribution in [0.1, 0.15) is 35.8 Å². The molecule has 0 spiro atoms. The number of nitrogens with one attached hydrogen (secondary N) is 1. The summed E-state index contributed by atoms with van der Waals surface area (Å²) in [4.78, 5) is 69.7. The highest BCUT2D eigenvalue weighted by Crippen LogP contribution is 2.64. The summed E-state index contributed by atoms with van der Waals surface area (Å²) in [5.41, 5.74) is 2.63. The van der Waals surface area contributed by atoms with Crippen molar-refractivity contribution in [1.29, 1.82) is 0 Å². The van der Waals surface area contributed by atoms with Gasteiger partial charge in [-0.25, -0.2) is 4.39 Å². The number of hydrogen-bond acceptors (Lipinski definition) is 9. The van der Waals surface area contributed by atoms with E-state index in [0.29, 0.717) is 16.2 Å². The number of anilines is 2. The number of imide groups is 2. The number of aliphatic hydroxyl groups is 1. The van der Waals surface area contributed by atoms with Gasteiger partial charge in [0, 0.05) is 17.2 Å². The fourth-order valence-electron chi connectivity index (χ4n) is 8.58. The number of fused-ring (bicyclic) bond motifs is 4. The molecule has 258 valence electrons. The van der Waals surface area contributed by atoms with E-state index in [2.05, 4.69) is 5.43 Å². The van der Waals surface area contributed by atoms with Crippen LogP contribution in [0.5, 0.6) is 0 Å². The van der Waals surface area contributed by atoms with Crippen molar-refractivity contribution >= 4 is 52.3 Å². The Bertz CT molecular complexity index is 2150. The van der Waals surface area contributed by atoms with Gasteiger partial charge < -0.3 is 9.52 Å². The van der Waals surface area contributed by atoms with Gasteiger partial charge in [-0.3, -0.25) is 39.6 Å². The predicted octanol–water partition coefficient (Wildman–Crippen LogP) is 5.66. The molecule has 3 fully saturated rings. The minimum Gasteiger partial charge on any atom is -0.463 e. The maximum atomic E-state index is 15.1. The van der Waals surface area contributed by atoms with Crippen molar-refractivity contribution in [2.75, 3.05) is 10.3 Å². The number of aliphatic hydroxyl groups excluding tert-OH is 1. The first-order chi connectivity index (χ1) is 24.5. The summed E-state index contributed by atoms with van der Waals surface area (Å²) in [7, 11) is 0. The normalized spacial score (nSPS) is 26.9. The number of amides is 4. The van der Waals surface area contributed by atoms with Gasteiger partial charge in [0.2, 0.25) is 11.8 Å². The van der Waals surface area contributed by atoms with E-state index in [4.69, 9.17) is 16.0 Å². The first-order valence-electron chi connectivity index (χ1n) is 16.2. The summed E-state index contributed by atoms with van der Waals surface area (Å²) in [6.45, 7) is -0.431. The highest BCUT2D eigenvalue weighted by molar-refractivity contribution is 6.30. The van der Waals surface area contributed by atoms with Crippen LogP contribution in [0.2, 0.25) is 5.02 Å². The lowest BCUT2D eigenvalue weighted by atomic mass is 9.50. The molecule has 0 radical (unpaired) electrons. The van der Waals surface area contributed by atoms with E-state index >= 15 is 4.79 Å². The van der Waals surface area contributed by atoms with E-state index < -0.39 is 76.0 Å². The van der Waals surface area contributed by atoms with Gasteiger partial charge in [0.25, 0.3) is 17.5 Å². The molecule has 3 heterocycles. The van der Waals surface area contributed by atoms with Crippen LogP contribution in [-0.4, -0.2) is 38.7 Å². The molecule has 1 aromatic heterocycles. The molecule has 4 amide bonds. The van der Waals surface area contributed by atoms with E-state index in [1.54, 1.807) is 36.4 Å². The zero-order valence-electron chi connectivity index (χ0n) is 26.6. The van der Waals surface area contributed by atoms with Crippen molar-refractivity contribution in [3.63, 3.8) is 0 Å². The molecule has 12 nitrogen and oxygen atoms in total. The number of hydrogen-bond donors (Lipinski definition) is 2. The lowest BCUT2D eigenvalue weighted by molar-refractivity contribution is -0.384. The quantitative estimate of drug-likeness (QED) is 0.107. The van der Waals surface area contributed by atoms with E-state index in [-0.39, 0.29) is 41.4 Å². The third-order valence-electron chi connectivity index (χ3n) is 10.7. The standard InChI is InChI=1S/C37H28ClFN4O8/c38-20-3-1-19(2-4-20)37-29(34(46)42(36(37)48)40-22-7-5-21(39)6-8-22)17-28-26(32(37)30-16-13-25(18-44)51-30)14-15-27-31(28)35(47)41(33(27)45)23-9-11-24(12-10-23)43(49)50/h1-14,16,27-29,31-32,40,44H,15,17-18H2/t27-,28+,29-,31-,32+,37+/m0/s1. The Morgan fingerprint density at radius 1 is 0.922 bits per heavy atom. The monoisotopic (exact) mass is 710 g/mol. The molecule has 3 aromatic carbocycles. The van der Waals surface area contributed by atoms with E-state index in [0.717, 1.165) is 9.91 Å². The Kier molecular flexibility index (Phi) is 7.65. The maximum Gasteiger partial charge on any atom is 0.269 e. The van der Waals surface area contributed by atoms with Crippen LogP contribution in [-0.2, 0) is 31.2 Å². The van der Waals surface area contributed by atoms with Crippen molar-refractivity contribution < 1.29 is 38.0 Å². The molecule has 2 saturated heterocycles. The van der Waals surface area contributed by atoms with Crippen molar-refractivity contribution in [3.05, 3.63) is 135 Å². The second-order valence-electron chi connectivity index (χ2n) is 13.1. The number of halogens is 2. The fraction of sp³-hybridized carbons (Fsp3) is 0.243. The lowest BCUT2D eigenvalue weighted by Gasteiger charge is -2.49. The largest absolute Gasteiger partial charge is 0.463 e. The molecule has 51 heavy (non-hydrogen) atoms. The highest BCUT2D eigenvalue weighted by Gasteiger charge is 2.71. The van der Waals surface area contributed by atoms with Gasteiger partial charge >= 0.3 is 0 Å². The Morgan fingerprint density at radius 3 is 2.27 bits per heavy atom. The summed E-state index contributed by atoms with van der Waals surface area (Å²) in [6.07, 6.45) is 2.01. The third kappa shape index (κ3) is 4.83. The Morgan fingerprint density at radius 2 is 1.63 bits per heavy atom. The summed E-state index contributed by atoms with van der Waals surface area (Å²) in [5, 5.41) is 22.6. The van der Waals surface area contributed by atoms with E-state index in [1.807, 2.05) is 6.08 Å². The van der Waals surface area contributed by atoms with Gasteiger partial charge in [-0.05, 0) is 85.0 Å². The number of rotatable bonds is 7. The SMILES string of the molecule is O=C1[C@@H]2C[C@@H]3C(=CC[C@@H]4C(=O)N(c5ccc([N+](=O)[O-])cc5)C(=O)[C@@H]43)[C@H](c3ccc(CO)o3)[C@]2(c2ccc(Cl)cc2)C(=O)N1Nc1ccc(F)cc1. The number of nitro benzene ring substituents is 1. The van der Waals surface area contributed by atoms with E-state index in [1.165, 1.54) is 48.5 Å². The molecular weight excluding hydrogens is 683 g/mol. The van der Waals surface area contributed by atoms with Gasteiger partial charge in [0.1, 0.15) is 29.4 Å². The zero-order chi connectivity index (χ0) is 35.8. The molecule has 14 heteroatoms. The molecule has 6 atom stereocenters. The molecule has 8 rings (SSSR count). The molecule has 1 saturated carbocycles. The number of allylic oxidation sites excluding steroid dienone is 2. The van der Waals surface area contributed by atoms with Gasteiger partial charge in [-0.2, -0.15) is 5.01 Å². The number of carbonyl (C=O) groups is 4. The fourth-order valence-corrected chi connectivity index (χ4v) is 8.70. The molecule has 0 unspecified atom stereocenters. The Labute approximate surface area is 294 Å². The van der Waals surface area contributed by atoms with Crippen LogP contribution in [0, 0.1) is 39.6 Å². The minimum absolute atomic E-state index is 0.0129. The Balaban J connectivity index is 1.28. The first kappa shape index (κ1) is 32.5. The van der Waals surface area contributed by atoms with Crippen LogP contribution in [0.15, 0.2) is 101 Å². The lowest BCUT2D eigenvalue weighted by Crippen LogP contribution is -2.53. The van der Waals surface area contributed by atoms with Gasteiger partial charge in [0.05, 0.1) is 40.0 Å². The molecule has 2 aliphatic heterocycles. The number of benzene rings is 3. The number of non-ortho nitro benzene ring substituents is 1. The van der Waals surface area contributed by atoms with Crippen molar-refractivity contribution in [2.45, 2.75) is 30.8 Å². The number of hydrazine groups is 1. The van der Waals surface area contributed by atoms with Crippen LogP contribution in [0.4, 0.5) is 21.5 Å². The topological polar surface area (TPSA) is 163 Å². The van der Waals surface area contributed by atoms with Gasteiger partial charge in [-0.15, -0.1) is 0 Å². The number of nitrogens with zero attached hydrogens (tertiary/aromatic N) is 3. The van der Waals surface area contributed by atoms with Crippen LogP contribution >= 0.6 is 11.6 Å². The average molecular weight is 711 g/mol. The maximum absolute atomic E-state index is 15.1. The Hall–Kier alpha value is -5.66. The van der Waals surface area contributed by atoms with Crippen LogP contribution < -0.4 is 10.3 Å². The van der Waals surface area contributed by atoms with Crippen molar-refractivity contribution in [2.24, 2.45) is 23.7 Å². The van der Waals surface area contributed by atoms with Gasteiger partial charge in [-0.1, -0.05) is 35.4 Å². The third-order valence-corrected chi connectivity index (χ3v) is 10.9. The molecule has 0 bridgehead atoms. The smallest absolute Gasteiger partial charge is 0.269 e. The van der Waals surface area contributed by atoms with Crippen LogP contribution in [0.25, 0.3) is 0 Å². The molecule has 2 aliphatic carbocycles. The number of furan rings is 1. The first-order valence-corrected chi connectivity index (χ1v) is 16.6. The summed E-state index contributed by atoms with van der Waals surface area (Å²) in [5.74, 6) is -6.61. The predicted molar refractivity (Wildman–Crippen MR) is 179 cm³/mol. The number of nitro groups is 1. The van der Waals surface area contributed by atoms with Gasteiger partial charge in [0.15, 0.2) is 0 Å². The second kappa shape index (κ2) is 12.0. The minimum atomic E-state index is -1.63. The molecule has 4 aromatic rings. The highest BCUT2D eigenvalue weighted by atomic mass is 35.5. The second-order valence-corrected chi connectivity index (χ2v) is 13.6. The number of carbonyl (C=O) groups excluding carboxylic acids is 4. The van der Waals surface area contributed by atoms with Crippen molar-refractivity contribution in [3.8, 4) is 0 Å². The summed E-state index contributed by atoms with van der Waals surface area (Å²) in [6, 6.07) is 20.1. The summed E-state index contributed by atoms with van der Waals surface area (Å²) < 4.78 is 20.0. The molecule has 4 aliphatic rings. The molecular formula is C37H28ClFN4O8. The zero-order valence-corrected chi connectivity index (χ0v) is 27.3. The summed E-state index contributed by atoms with van der Waals surface area (Å²) >= 11 is 6.30.